The van der Waals surface area contributed by atoms with Gasteiger partial charge in [0.15, 0.2) is 0 Å². The molecule has 2 heterocycles. The molecule has 2 amide bonds. The van der Waals surface area contributed by atoms with Gasteiger partial charge in [-0.2, -0.15) is 0 Å². The lowest BCUT2D eigenvalue weighted by Gasteiger charge is -2.15. The number of fused-ring (bicyclic) bond motifs is 3. The number of halogens is 1. The molecule has 7 nitrogen and oxygen atoms in total. The second kappa shape index (κ2) is 7.32. The predicted octanol–water partition coefficient (Wildman–Crippen LogP) is 5.25. The molecule has 0 spiro atoms. The van der Waals surface area contributed by atoms with Gasteiger partial charge in [-0.1, -0.05) is 29.8 Å². The van der Waals surface area contributed by atoms with E-state index in [4.69, 9.17) is 11.6 Å². The SMILES string of the molecule is CCn1c2ccccc2c2cc(N3C(=O)C(Cl)=C(c4ccc([N+](=O)[O-])cc4)C3=O)ccc21. The van der Waals surface area contributed by atoms with E-state index in [9.17, 15) is 19.7 Å². The van der Waals surface area contributed by atoms with Crippen molar-refractivity contribution in [2.24, 2.45) is 0 Å². The van der Waals surface area contributed by atoms with Crippen LogP contribution >= 0.6 is 11.6 Å². The summed E-state index contributed by atoms with van der Waals surface area (Å²) in [4.78, 5) is 37.6. The molecule has 0 saturated heterocycles. The number of anilines is 1. The standard InChI is InChI=1S/C24H16ClN3O4/c1-2-26-19-6-4-3-5-17(19)18-13-16(11-12-20(18)26)27-23(29)21(22(25)24(27)30)14-7-9-15(10-8-14)28(31)32/h3-13H,2H2,1H3. The number of rotatable bonds is 4. The van der Waals surface area contributed by atoms with E-state index in [-0.39, 0.29) is 16.3 Å². The van der Waals surface area contributed by atoms with Crippen LogP contribution in [0.1, 0.15) is 12.5 Å². The highest BCUT2D eigenvalue weighted by Gasteiger charge is 2.39. The number of aromatic nitrogens is 1. The third-order valence-corrected chi connectivity index (χ3v) is 6.08. The number of carbonyl (C=O) groups is 2. The minimum Gasteiger partial charge on any atom is -0.341 e. The average Bonchev–Trinajstić information content (AvgIpc) is 3.23. The van der Waals surface area contributed by atoms with Gasteiger partial charge in [0.1, 0.15) is 5.03 Å². The van der Waals surface area contributed by atoms with Crippen LogP contribution in [0.5, 0.6) is 0 Å². The van der Waals surface area contributed by atoms with Crippen LogP contribution in [0.3, 0.4) is 0 Å². The maximum absolute atomic E-state index is 13.2. The Bertz CT molecular complexity index is 1480. The number of carbonyl (C=O) groups excluding carboxylic acids is 2. The maximum Gasteiger partial charge on any atom is 0.277 e. The first-order valence-electron chi connectivity index (χ1n) is 9.96. The van der Waals surface area contributed by atoms with Crippen molar-refractivity contribution in [1.29, 1.82) is 0 Å². The molecule has 1 aliphatic heterocycles. The van der Waals surface area contributed by atoms with Gasteiger partial charge in [0, 0.05) is 40.5 Å². The van der Waals surface area contributed by atoms with Crippen LogP contribution < -0.4 is 4.90 Å². The number of hydrogen-bond donors (Lipinski definition) is 0. The van der Waals surface area contributed by atoms with E-state index < -0.39 is 16.7 Å². The van der Waals surface area contributed by atoms with Crippen LogP contribution in [0.2, 0.25) is 0 Å². The topological polar surface area (TPSA) is 85.4 Å². The molecule has 0 unspecified atom stereocenters. The van der Waals surface area contributed by atoms with Gasteiger partial charge in [-0.3, -0.25) is 19.7 Å². The minimum absolute atomic E-state index is 0.0302. The van der Waals surface area contributed by atoms with E-state index in [1.54, 1.807) is 6.07 Å². The first kappa shape index (κ1) is 20.0. The fourth-order valence-corrected chi connectivity index (χ4v) is 4.53. The second-order valence-electron chi connectivity index (χ2n) is 7.40. The normalized spacial score (nSPS) is 14.2. The Morgan fingerprint density at radius 3 is 2.28 bits per heavy atom. The van der Waals surface area contributed by atoms with Gasteiger partial charge in [-0.25, -0.2) is 4.90 Å². The number of para-hydroxylation sites is 1. The van der Waals surface area contributed by atoms with Crippen LogP contribution in [-0.2, 0) is 16.1 Å². The van der Waals surface area contributed by atoms with Gasteiger partial charge in [-0.05, 0) is 48.9 Å². The van der Waals surface area contributed by atoms with Crippen molar-refractivity contribution in [3.8, 4) is 0 Å². The van der Waals surface area contributed by atoms with Gasteiger partial charge < -0.3 is 4.57 Å². The summed E-state index contributed by atoms with van der Waals surface area (Å²) in [6.45, 7) is 2.84. The van der Waals surface area contributed by atoms with E-state index in [2.05, 4.69) is 11.5 Å². The number of imide groups is 1. The molecule has 8 heteroatoms. The number of benzene rings is 3. The molecule has 0 aliphatic carbocycles. The summed E-state index contributed by atoms with van der Waals surface area (Å²) < 4.78 is 2.18. The summed E-state index contributed by atoms with van der Waals surface area (Å²) in [5, 5.41) is 12.7. The predicted molar refractivity (Wildman–Crippen MR) is 123 cm³/mol. The summed E-state index contributed by atoms with van der Waals surface area (Å²) >= 11 is 6.27. The van der Waals surface area contributed by atoms with Gasteiger partial charge in [-0.15, -0.1) is 0 Å². The number of nitro groups is 1. The Labute approximate surface area is 187 Å². The molecule has 0 atom stereocenters. The zero-order valence-corrected chi connectivity index (χ0v) is 17.7. The van der Waals surface area contributed by atoms with Crippen LogP contribution in [0.25, 0.3) is 27.4 Å². The van der Waals surface area contributed by atoms with Crippen LogP contribution in [0, 0.1) is 10.1 Å². The van der Waals surface area contributed by atoms with E-state index in [1.807, 2.05) is 36.4 Å². The molecular formula is C24H16ClN3O4. The quantitative estimate of drug-likeness (QED) is 0.244. The Morgan fingerprint density at radius 2 is 1.59 bits per heavy atom. The molecule has 32 heavy (non-hydrogen) atoms. The maximum atomic E-state index is 13.2. The number of aryl methyl sites for hydroxylation is 1. The van der Waals surface area contributed by atoms with Crippen molar-refractivity contribution in [3.05, 3.63) is 87.4 Å². The van der Waals surface area contributed by atoms with Crippen molar-refractivity contribution < 1.29 is 14.5 Å². The average molecular weight is 446 g/mol. The van der Waals surface area contributed by atoms with Crippen molar-refractivity contribution in [2.75, 3.05) is 4.90 Å². The molecule has 158 valence electrons. The first-order chi connectivity index (χ1) is 15.4. The second-order valence-corrected chi connectivity index (χ2v) is 7.78. The van der Waals surface area contributed by atoms with Gasteiger partial charge in [0.25, 0.3) is 17.5 Å². The van der Waals surface area contributed by atoms with E-state index >= 15 is 0 Å². The number of nitro benzene ring substituents is 1. The van der Waals surface area contributed by atoms with E-state index in [0.717, 1.165) is 33.3 Å². The van der Waals surface area contributed by atoms with E-state index in [0.29, 0.717) is 11.3 Å². The van der Waals surface area contributed by atoms with Crippen LogP contribution in [-0.4, -0.2) is 21.3 Å². The highest BCUT2D eigenvalue weighted by atomic mass is 35.5. The molecule has 0 radical (unpaired) electrons. The van der Waals surface area contributed by atoms with Crippen molar-refractivity contribution in [3.63, 3.8) is 0 Å². The molecule has 0 bridgehead atoms. The Morgan fingerprint density at radius 1 is 0.906 bits per heavy atom. The van der Waals surface area contributed by atoms with Crippen molar-refractivity contribution in [1.82, 2.24) is 4.57 Å². The molecule has 0 saturated carbocycles. The lowest BCUT2D eigenvalue weighted by molar-refractivity contribution is -0.384. The fourth-order valence-electron chi connectivity index (χ4n) is 4.26. The molecule has 4 aromatic rings. The molecule has 1 aliphatic rings. The third-order valence-electron chi connectivity index (χ3n) is 5.72. The molecule has 1 aromatic heterocycles. The zero-order valence-electron chi connectivity index (χ0n) is 16.9. The molecule has 0 fully saturated rings. The lowest BCUT2D eigenvalue weighted by atomic mass is 10.1. The summed E-state index contributed by atoms with van der Waals surface area (Å²) in [5.41, 5.74) is 2.77. The molecule has 5 rings (SSSR count). The smallest absolute Gasteiger partial charge is 0.277 e. The molecular weight excluding hydrogens is 430 g/mol. The monoisotopic (exact) mass is 445 g/mol. The molecule has 0 N–H and O–H groups in total. The minimum atomic E-state index is -0.622. The highest BCUT2D eigenvalue weighted by molar-refractivity contribution is 6.60. The summed E-state index contributed by atoms with van der Waals surface area (Å²) in [6.07, 6.45) is 0. The number of non-ortho nitro benzene ring substituents is 1. The zero-order chi connectivity index (χ0) is 22.6. The Hall–Kier alpha value is -3.97. The van der Waals surface area contributed by atoms with Crippen LogP contribution in [0.15, 0.2) is 71.8 Å². The third kappa shape index (κ3) is 2.82. The van der Waals surface area contributed by atoms with Gasteiger partial charge >= 0.3 is 0 Å². The highest BCUT2D eigenvalue weighted by Crippen LogP contribution is 2.38. The van der Waals surface area contributed by atoms with Crippen molar-refractivity contribution >= 4 is 62.2 Å². The largest absolute Gasteiger partial charge is 0.341 e. The van der Waals surface area contributed by atoms with E-state index in [1.165, 1.54) is 24.3 Å². The number of amides is 2. The van der Waals surface area contributed by atoms with Crippen molar-refractivity contribution in [2.45, 2.75) is 13.5 Å². The summed E-state index contributed by atoms with van der Waals surface area (Å²) in [5.74, 6) is -1.18. The van der Waals surface area contributed by atoms with Gasteiger partial charge in [0.05, 0.1) is 16.2 Å². The summed E-state index contributed by atoms with van der Waals surface area (Å²) in [7, 11) is 0. The first-order valence-corrected chi connectivity index (χ1v) is 10.3. The van der Waals surface area contributed by atoms with Gasteiger partial charge in [0.2, 0.25) is 0 Å². The Kier molecular flexibility index (Phi) is 4.56. The lowest BCUT2D eigenvalue weighted by Crippen LogP contribution is -2.31. The number of nitrogens with zero attached hydrogens (tertiary/aromatic N) is 3. The summed E-state index contributed by atoms with van der Waals surface area (Å²) in [6, 6.07) is 18.8. The fraction of sp³-hybridized carbons (Fsp3) is 0.0833. The van der Waals surface area contributed by atoms with Crippen LogP contribution in [0.4, 0.5) is 11.4 Å². The number of hydrogen-bond acceptors (Lipinski definition) is 4. The molecule has 3 aromatic carbocycles. The Balaban J connectivity index is 1.60.